The standard InChI is InChI=1S/C10H9ClFN3/c1-5-2-10(15-13)6-3-7(11)8(12)4-9(6)14-5/h2-4H,13H2,1H3,(H,14,15). The number of fused-ring (bicyclic) bond motifs is 1. The summed E-state index contributed by atoms with van der Waals surface area (Å²) in [6, 6.07) is 4.58. The Hall–Kier alpha value is -1.39. The molecule has 0 amide bonds. The maximum absolute atomic E-state index is 13.2. The van der Waals surface area contributed by atoms with Gasteiger partial charge in [0.1, 0.15) is 5.82 Å². The fourth-order valence-corrected chi connectivity index (χ4v) is 1.64. The highest BCUT2D eigenvalue weighted by molar-refractivity contribution is 6.31. The first-order valence-corrected chi connectivity index (χ1v) is 4.72. The van der Waals surface area contributed by atoms with Gasteiger partial charge in [-0.1, -0.05) is 11.6 Å². The zero-order valence-corrected chi connectivity index (χ0v) is 8.77. The first kappa shape index (κ1) is 10.1. The van der Waals surface area contributed by atoms with Crippen LogP contribution in [0.15, 0.2) is 18.2 Å². The number of hydrazine groups is 1. The minimum absolute atomic E-state index is 0.0599. The number of nitrogen functional groups attached to an aromatic ring is 1. The van der Waals surface area contributed by atoms with Crippen LogP contribution in [0.4, 0.5) is 10.1 Å². The van der Waals surface area contributed by atoms with Crippen molar-refractivity contribution in [1.29, 1.82) is 0 Å². The number of halogens is 2. The van der Waals surface area contributed by atoms with E-state index < -0.39 is 5.82 Å². The van der Waals surface area contributed by atoms with Crippen LogP contribution in [0.5, 0.6) is 0 Å². The summed E-state index contributed by atoms with van der Waals surface area (Å²) in [5.41, 5.74) is 4.51. The van der Waals surface area contributed by atoms with E-state index >= 15 is 0 Å². The Morgan fingerprint density at radius 3 is 2.80 bits per heavy atom. The Kier molecular flexibility index (Phi) is 2.46. The average Bonchev–Trinajstić information content (AvgIpc) is 2.19. The minimum atomic E-state index is -0.481. The molecule has 1 aromatic carbocycles. The van der Waals surface area contributed by atoms with Crippen molar-refractivity contribution in [3.05, 3.63) is 34.7 Å². The SMILES string of the molecule is Cc1cc(NN)c2cc(Cl)c(F)cc2n1. The molecule has 0 spiro atoms. The number of nitrogens with one attached hydrogen (secondary N) is 1. The number of aryl methyl sites for hydroxylation is 1. The van der Waals surface area contributed by atoms with E-state index in [4.69, 9.17) is 17.4 Å². The summed E-state index contributed by atoms with van der Waals surface area (Å²) in [6.07, 6.45) is 0. The van der Waals surface area contributed by atoms with E-state index in [0.717, 1.165) is 5.69 Å². The zero-order valence-electron chi connectivity index (χ0n) is 8.01. The molecular weight excluding hydrogens is 217 g/mol. The van der Waals surface area contributed by atoms with Gasteiger partial charge in [-0.3, -0.25) is 10.8 Å². The molecule has 0 radical (unpaired) electrons. The monoisotopic (exact) mass is 225 g/mol. The van der Waals surface area contributed by atoms with Gasteiger partial charge in [0.05, 0.1) is 16.2 Å². The zero-order chi connectivity index (χ0) is 11.0. The molecule has 2 aromatic rings. The first-order chi connectivity index (χ1) is 7.11. The summed E-state index contributed by atoms with van der Waals surface area (Å²) >= 11 is 5.69. The highest BCUT2D eigenvalue weighted by Gasteiger charge is 2.07. The maximum Gasteiger partial charge on any atom is 0.143 e. The van der Waals surface area contributed by atoms with Crippen LogP contribution < -0.4 is 11.3 Å². The van der Waals surface area contributed by atoms with Gasteiger partial charge in [-0.25, -0.2) is 4.39 Å². The first-order valence-electron chi connectivity index (χ1n) is 4.35. The fourth-order valence-electron chi connectivity index (χ4n) is 1.47. The second-order valence-electron chi connectivity index (χ2n) is 3.24. The predicted molar refractivity (Wildman–Crippen MR) is 59.3 cm³/mol. The van der Waals surface area contributed by atoms with Crippen LogP contribution in [0.2, 0.25) is 5.02 Å². The molecule has 0 bridgehead atoms. The van der Waals surface area contributed by atoms with Gasteiger partial charge in [0, 0.05) is 17.1 Å². The molecule has 15 heavy (non-hydrogen) atoms. The second-order valence-corrected chi connectivity index (χ2v) is 3.65. The molecule has 5 heteroatoms. The topological polar surface area (TPSA) is 50.9 Å². The Morgan fingerprint density at radius 1 is 1.40 bits per heavy atom. The van der Waals surface area contributed by atoms with E-state index in [2.05, 4.69) is 10.4 Å². The number of nitrogens with two attached hydrogens (primary N) is 1. The van der Waals surface area contributed by atoms with Crippen molar-refractivity contribution in [1.82, 2.24) is 4.98 Å². The highest BCUT2D eigenvalue weighted by atomic mass is 35.5. The molecule has 2 rings (SSSR count). The van der Waals surface area contributed by atoms with Gasteiger partial charge in [0.15, 0.2) is 0 Å². The molecule has 3 nitrogen and oxygen atoms in total. The summed E-state index contributed by atoms with van der Waals surface area (Å²) < 4.78 is 13.2. The van der Waals surface area contributed by atoms with Crippen LogP contribution >= 0.6 is 11.6 Å². The molecule has 0 unspecified atom stereocenters. The number of rotatable bonds is 1. The second kappa shape index (κ2) is 3.64. The Bertz CT molecular complexity index is 528. The van der Waals surface area contributed by atoms with E-state index in [1.165, 1.54) is 12.1 Å². The van der Waals surface area contributed by atoms with Gasteiger partial charge in [-0.15, -0.1) is 0 Å². The molecule has 78 valence electrons. The third kappa shape index (κ3) is 1.73. The van der Waals surface area contributed by atoms with Crippen molar-refractivity contribution in [2.75, 3.05) is 5.43 Å². The molecule has 0 fully saturated rings. The van der Waals surface area contributed by atoms with Crippen molar-refractivity contribution < 1.29 is 4.39 Å². The molecule has 1 aromatic heterocycles. The Balaban J connectivity index is 2.84. The lowest BCUT2D eigenvalue weighted by Gasteiger charge is -2.07. The van der Waals surface area contributed by atoms with Crippen LogP contribution in [0.3, 0.4) is 0 Å². The van der Waals surface area contributed by atoms with Gasteiger partial charge in [0.2, 0.25) is 0 Å². The third-order valence-corrected chi connectivity index (χ3v) is 2.42. The molecular formula is C10H9ClFN3. The van der Waals surface area contributed by atoms with Crippen LogP contribution in [0, 0.1) is 12.7 Å². The summed E-state index contributed by atoms with van der Waals surface area (Å²) in [5.74, 6) is 4.88. The van der Waals surface area contributed by atoms with E-state index in [0.29, 0.717) is 16.6 Å². The summed E-state index contributed by atoms with van der Waals surface area (Å²) in [7, 11) is 0. The van der Waals surface area contributed by atoms with Crippen LogP contribution in [0.1, 0.15) is 5.69 Å². The van der Waals surface area contributed by atoms with Gasteiger partial charge in [0.25, 0.3) is 0 Å². The van der Waals surface area contributed by atoms with E-state index in [1.54, 1.807) is 6.07 Å². The lowest BCUT2D eigenvalue weighted by molar-refractivity contribution is 0.630. The van der Waals surface area contributed by atoms with E-state index in [1.807, 2.05) is 6.92 Å². The predicted octanol–water partition coefficient (Wildman–Crippen LogP) is 2.62. The van der Waals surface area contributed by atoms with Crippen LogP contribution in [-0.4, -0.2) is 4.98 Å². The molecule has 0 saturated heterocycles. The fraction of sp³-hybridized carbons (Fsp3) is 0.100. The number of pyridine rings is 1. The summed E-state index contributed by atoms with van der Waals surface area (Å²) in [6.45, 7) is 1.81. The number of hydrogen-bond donors (Lipinski definition) is 2. The van der Waals surface area contributed by atoms with Crippen molar-refractivity contribution in [3.63, 3.8) is 0 Å². The van der Waals surface area contributed by atoms with Crippen LogP contribution in [-0.2, 0) is 0 Å². The molecule has 0 saturated carbocycles. The van der Waals surface area contributed by atoms with Crippen LogP contribution in [0.25, 0.3) is 10.9 Å². The smallest absolute Gasteiger partial charge is 0.143 e. The summed E-state index contributed by atoms with van der Waals surface area (Å²) in [4.78, 5) is 4.19. The van der Waals surface area contributed by atoms with Gasteiger partial charge in [-0.2, -0.15) is 0 Å². The largest absolute Gasteiger partial charge is 0.323 e. The number of benzene rings is 1. The van der Waals surface area contributed by atoms with Crippen molar-refractivity contribution >= 4 is 28.2 Å². The van der Waals surface area contributed by atoms with Gasteiger partial charge >= 0.3 is 0 Å². The Morgan fingerprint density at radius 2 is 2.13 bits per heavy atom. The highest BCUT2D eigenvalue weighted by Crippen LogP contribution is 2.27. The lowest BCUT2D eigenvalue weighted by Crippen LogP contribution is -2.08. The van der Waals surface area contributed by atoms with Crippen molar-refractivity contribution in [2.24, 2.45) is 5.84 Å². The van der Waals surface area contributed by atoms with E-state index in [9.17, 15) is 4.39 Å². The third-order valence-electron chi connectivity index (χ3n) is 2.13. The normalized spacial score (nSPS) is 10.7. The van der Waals surface area contributed by atoms with Gasteiger partial charge < -0.3 is 5.43 Å². The number of anilines is 1. The minimum Gasteiger partial charge on any atom is -0.323 e. The molecule has 0 atom stereocenters. The average molecular weight is 226 g/mol. The quantitative estimate of drug-likeness (QED) is 0.580. The summed E-state index contributed by atoms with van der Waals surface area (Å²) in [5, 5.41) is 0.763. The molecule has 1 heterocycles. The maximum atomic E-state index is 13.2. The van der Waals surface area contributed by atoms with Crippen molar-refractivity contribution in [3.8, 4) is 0 Å². The molecule has 3 N–H and O–H groups in total. The number of nitrogens with zero attached hydrogens (tertiary/aromatic N) is 1. The van der Waals surface area contributed by atoms with Crippen molar-refractivity contribution in [2.45, 2.75) is 6.92 Å². The number of hydrogen-bond acceptors (Lipinski definition) is 3. The Labute approximate surface area is 91.0 Å². The van der Waals surface area contributed by atoms with E-state index in [-0.39, 0.29) is 5.02 Å². The number of aromatic nitrogens is 1. The van der Waals surface area contributed by atoms with Gasteiger partial charge in [-0.05, 0) is 19.1 Å². The molecule has 0 aliphatic rings. The molecule has 0 aliphatic heterocycles. The molecule has 0 aliphatic carbocycles. The lowest BCUT2D eigenvalue weighted by atomic mass is 10.1.